The Kier molecular flexibility index (Phi) is 4.82. The van der Waals surface area contributed by atoms with Crippen LogP contribution in [0.4, 0.5) is 0 Å². The van der Waals surface area contributed by atoms with Crippen LogP contribution in [0.2, 0.25) is 0 Å². The van der Waals surface area contributed by atoms with Gasteiger partial charge in [0.15, 0.2) is 0 Å². The van der Waals surface area contributed by atoms with Gasteiger partial charge in [-0.25, -0.2) is 4.98 Å². The van der Waals surface area contributed by atoms with Crippen LogP contribution in [-0.2, 0) is 9.59 Å². The van der Waals surface area contributed by atoms with Crippen molar-refractivity contribution in [1.29, 1.82) is 0 Å². The molecule has 100 valence electrons. The Balaban J connectivity index is 2.64. The monoisotopic (exact) mass is 253 g/mol. The van der Waals surface area contributed by atoms with Gasteiger partial charge in [0.25, 0.3) is 0 Å². The Morgan fingerprint density at radius 3 is 2.39 bits per heavy atom. The summed E-state index contributed by atoms with van der Waals surface area (Å²) in [5.74, 6) is 0.129. The molecule has 0 saturated carbocycles. The molecule has 3 N–H and O–H groups in total. The van der Waals surface area contributed by atoms with E-state index in [2.05, 4.69) is 25.8 Å². The number of rotatable bonds is 5. The number of H-pyrrole nitrogens is 1. The molecule has 0 bridgehead atoms. The van der Waals surface area contributed by atoms with Crippen LogP contribution < -0.4 is 10.6 Å². The highest BCUT2D eigenvalue weighted by Gasteiger charge is 2.24. The van der Waals surface area contributed by atoms with E-state index in [4.69, 9.17) is 0 Å². The van der Waals surface area contributed by atoms with Crippen LogP contribution in [0.5, 0.6) is 0 Å². The highest BCUT2D eigenvalue weighted by atomic mass is 16.2. The predicted octanol–water partition coefficient (Wildman–Crippen LogP) is 0.143. The fraction of sp³-hybridized carbons (Fsp3) is 0.636. The zero-order valence-corrected chi connectivity index (χ0v) is 11.0. The molecule has 0 aromatic carbocycles. The molecule has 0 aliphatic carbocycles. The van der Waals surface area contributed by atoms with Gasteiger partial charge in [0.05, 0.1) is 6.04 Å². The number of nitrogens with one attached hydrogen (secondary N) is 3. The third-order valence-corrected chi connectivity index (χ3v) is 2.51. The summed E-state index contributed by atoms with van der Waals surface area (Å²) in [6.45, 7) is 6.94. The van der Waals surface area contributed by atoms with Crippen LogP contribution in [0.25, 0.3) is 0 Å². The molecule has 0 saturated heterocycles. The summed E-state index contributed by atoms with van der Waals surface area (Å²) < 4.78 is 0. The van der Waals surface area contributed by atoms with Gasteiger partial charge < -0.3 is 10.6 Å². The first-order valence-electron chi connectivity index (χ1n) is 5.84. The van der Waals surface area contributed by atoms with Gasteiger partial charge in [-0.05, 0) is 12.8 Å². The molecule has 2 amide bonds. The van der Waals surface area contributed by atoms with E-state index in [0.717, 1.165) is 0 Å². The van der Waals surface area contributed by atoms with Crippen molar-refractivity contribution < 1.29 is 9.59 Å². The molecular weight excluding hydrogens is 234 g/mol. The van der Waals surface area contributed by atoms with Crippen molar-refractivity contribution in [3.8, 4) is 0 Å². The van der Waals surface area contributed by atoms with E-state index in [0.29, 0.717) is 5.82 Å². The number of aromatic nitrogens is 3. The van der Waals surface area contributed by atoms with Crippen LogP contribution in [-0.4, -0.2) is 33.0 Å². The fourth-order valence-corrected chi connectivity index (χ4v) is 1.55. The zero-order chi connectivity index (χ0) is 13.7. The lowest BCUT2D eigenvalue weighted by molar-refractivity contribution is -0.129. The average molecular weight is 253 g/mol. The maximum Gasteiger partial charge on any atom is 0.243 e. The number of amides is 2. The second-order valence-electron chi connectivity index (χ2n) is 4.52. The molecule has 0 aliphatic rings. The first-order valence-corrected chi connectivity index (χ1v) is 5.84. The van der Waals surface area contributed by atoms with Gasteiger partial charge in [-0.2, -0.15) is 5.10 Å². The molecule has 2 unspecified atom stereocenters. The lowest BCUT2D eigenvalue weighted by Gasteiger charge is -2.22. The summed E-state index contributed by atoms with van der Waals surface area (Å²) in [5.41, 5.74) is 0. The minimum absolute atomic E-state index is 0.0100. The summed E-state index contributed by atoms with van der Waals surface area (Å²) in [7, 11) is 0. The number of hydrogen-bond acceptors (Lipinski definition) is 4. The minimum atomic E-state index is -0.548. The fourth-order valence-electron chi connectivity index (χ4n) is 1.55. The van der Waals surface area contributed by atoms with Gasteiger partial charge in [0.2, 0.25) is 11.8 Å². The topological polar surface area (TPSA) is 99.8 Å². The van der Waals surface area contributed by atoms with E-state index in [1.807, 2.05) is 13.8 Å². The quantitative estimate of drug-likeness (QED) is 0.695. The summed E-state index contributed by atoms with van der Waals surface area (Å²) in [6.07, 6.45) is 1.38. The molecule has 7 heteroatoms. The highest BCUT2D eigenvalue weighted by Crippen LogP contribution is 2.07. The standard InChI is InChI=1S/C11H19N5O2/c1-6(2)9(15-8(4)17)11(18)14-7(3)10-12-5-13-16-10/h5-7,9H,1-4H3,(H,14,18)(H,15,17)(H,12,13,16). The summed E-state index contributed by atoms with van der Waals surface area (Å²) >= 11 is 0. The first-order chi connectivity index (χ1) is 8.41. The van der Waals surface area contributed by atoms with Crippen molar-refractivity contribution >= 4 is 11.8 Å². The molecule has 1 aromatic rings. The largest absolute Gasteiger partial charge is 0.345 e. The van der Waals surface area contributed by atoms with Gasteiger partial charge in [0.1, 0.15) is 18.2 Å². The third kappa shape index (κ3) is 3.83. The van der Waals surface area contributed by atoms with Crippen LogP contribution in [0.3, 0.4) is 0 Å². The second kappa shape index (κ2) is 6.13. The summed E-state index contributed by atoms with van der Waals surface area (Å²) in [6, 6.07) is -0.831. The number of hydrogen-bond donors (Lipinski definition) is 3. The molecule has 0 aliphatic heterocycles. The lowest BCUT2D eigenvalue weighted by Crippen LogP contribution is -2.49. The van der Waals surface area contributed by atoms with Crippen LogP contribution in [0.15, 0.2) is 6.33 Å². The maximum absolute atomic E-state index is 12.0. The average Bonchev–Trinajstić information content (AvgIpc) is 2.78. The smallest absolute Gasteiger partial charge is 0.243 e. The molecule has 0 spiro atoms. The highest BCUT2D eigenvalue weighted by molar-refractivity contribution is 5.87. The van der Waals surface area contributed by atoms with Gasteiger partial charge in [0, 0.05) is 6.92 Å². The van der Waals surface area contributed by atoms with Crippen molar-refractivity contribution in [2.24, 2.45) is 5.92 Å². The lowest BCUT2D eigenvalue weighted by atomic mass is 10.0. The second-order valence-corrected chi connectivity index (χ2v) is 4.52. The summed E-state index contributed by atoms with van der Waals surface area (Å²) in [4.78, 5) is 27.1. The molecule has 18 heavy (non-hydrogen) atoms. The Morgan fingerprint density at radius 2 is 1.94 bits per heavy atom. The van der Waals surface area contributed by atoms with Crippen molar-refractivity contribution in [3.05, 3.63) is 12.2 Å². The third-order valence-electron chi connectivity index (χ3n) is 2.51. The molecule has 0 fully saturated rings. The van der Waals surface area contributed by atoms with Crippen LogP contribution in [0.1, 0.15) is 39.6 Å². The molecule has 7 nitrogen and oxygen atoms in total. The van der Waals surface area contributed by atoms with E-state index < -0.39 is 6.04 Å². The van der Waals surface area contributed by atoms with Gasteiger partial charge in [-0.15, -0.1) is 0 Å². The van der Waals surface area contributed by atoms with Crippen molar-refractivity contribution in [1.82, 2.24) is 25.8 Å². The van der Waals surface area contributed by atoms with Crippen molar-refractivity contribution in [2.45, 2.75) is 39.8 Å². The van der Waals surface area contributed by atoms with E-state index in [1.54, 1.807) is 6.92 Å². The molecule has 0 radical (unpaired) electrons. The van der Waals surface area contributed by atoms with E-state index >= 15 is 0 Å². The van der Waals surface area contributed by atoms with Gasteiger partial charge >= 0.3 is 0 Å². The zero-order valence-electron chi connectivity index (χ0n) is 11.0. The molecule has 2 atom stereocenters. The van der Waals surface area contributed by atoms with Gasteiger partial charge in [-0.1, -0.05) is 13.8 Å². The predicted molar refractivity (Wildman–Crippen MR) is 65.4 cm³/mol. The van der Waals surface area contributed by atoms with Gasteiger partial charge in [-0.3, -0.25) is 14.7 Å². The van der Waals surface area contributed by atoms with Crippen molar-refractivity contribution in [3.63, 3.8) is 0 Å². The molecule has 1 aromatic heterocycles. The molecular formula is C11H19N5O2. The van der Waals surface area contributed by atoms with E-state index in [-0.39, 0.29) is 23.8 Å². The summed E-state index contributed by atoms with van der Waals surface area (Å²) in [5, 5.41) is 11.8. The Hall–Kier alpha value is -1.92. The normalized spacial score (nSPS) is 14.1. The Bertz CT molecular complexity index is 402. The molecule has 1 heterocycles. The van der Waals surface area contributed by atoms with E-state index in [1.165, 1.54) is 13.3 Å². The SMILES string of the molecule is CC(=O)NC(C(=O)NC(C)c1ncn[nH]1)C(C)C. The van der Waals surface area contributed by atoms with Crippen molar-refractivity contribution in [2.75, 3.05) is 0 Å². The number of carbonyl (C=O) groups is 2. The minimum Gasteiger partial charge on any atom is -0.345 e. The van der Waals surface area contributed by atoms with Crippen LogP contribution in [0, 0.1) is 5.92 Å². The van der Waals surface area contributed by atoms with E-state index in [9.17, 15) is 9.59 Å². The Morgan fingerprint density at radius 1 is 1.28 bits per heavy atom. The number of nitrogens with zero attached hydrogens (tertiary/aromatic N) is 2. The maximum atomic E-state index is 12.0. The number of carbonyl (C=O) groups excluding carboxylic acids is 2. The number of aromatic amines is 1. The first kappa shape index (κ1) is 14.1. The molecule has 1 rings (SSSR count). The Labute approximate surface area is 106 Å². The van der Waals surface area contributed by atoms with Crippen LogP contribution >= 0.6 is 0 Å².